The highest BCUT2D eigenvalue weighted by atomic mass is 32.2. The minimum Gasteiger partial charge on any atom is -0.357 e. The van der Waals surface area contributed by atoms with E-state index in [1.807, 2.05) is 0 Å². The Balaban J connectivity index is 1.92. The SMILES string of the molecule is CCNC(=NCc1ccc(SC)cc1)NC1CC1. The molecule has 1 aromatic rings. The van der Waals surface area contributed by atoms with Crippen LogP contribution >= 0.6 is 11.8 Å². The molecular formula is C14H21N3S. The molecule has 18 heavy (non-hydrogen) atoms. The highest BCUT2D eigenvalue weighted by molar-refractivity contribution is 7.98. The Bertz CT molecular complexity index is 396. The average Bonchev–Trinajstić information content (AvgIpc) is 3.21. The molecule has 2 N–H and O–H groups in total. The third-order valence-electron chi connectivity index (χ3n) is 2.84. The van der Waals surface area contributed by atoms with Crippen LogP contribution < -0.4 is 10.6 Å². The van der Waals surface area contributed by atoms with Gasteiger partial charge in [0.2, 0.25) is 0 Å². The van der Waals surface area contributed by atoms with Crippen LogP contribution in [-0.4, -0.2) is 24.8 Å². The van der Waals surface area contributed by atoms with Gasteiger partial charge in [-0.15, -0.1) is 11.8 Å². The zero-order chi connectivity index (χ0) is 12.8. The summed E-state index contributed by atoms with van der Waals surface area (Å²) < 4.78 is 0. The quantitative estimate of drug-likeness (QED) is 0.487. The third-order valence-corrected chi connectivity index (χ3v) is 3.58. The lowest BCUT2D eigenvalue weighted by Crippen LogP contribution is -2.38. The monoisotopic (exact) mass is 263 g/mol. The lowest BCUT2D eigenvalue weighted by Gasteiger charge is -2.10. The minimum atomic E-state index is 0.640. The maximum atomic E-state index is 4.61. The van der Waals surface area contributed by atoms with Crippen LogP contribution in [0, 0.1) is 0 Å². The smallest absolute Gasteiger partial charge is 0.191 e. The van der Waals surface area contributed by atoms with Gasteiger partial charge in [-0.25, -0.2) is 4.99 Å². The number of benzene rings is 1. The molecule has 4 heteroatoms. The zero-order valence-corrected chi connectivity index (χ0v) is 11.9. The molecule has 0 aliphatic heterocycles. The molecule has 2 rings (SSSR count). The fraction of sp³-hybridized carbons (Fsp3) is 0.500. The van der Waals surface area contributed by atoms with Gasteiger partial charge in [0.25, 0.3) is 0 Å². The molecule has 0 atom stereocenters. The summed E-state index contributed by atoms with van der Waals surface area (Å²) >= 11 is 1.77. The van der Waals surface area contributed by atoms with Gasteiger partial charge in [-0.3, -0.25) is 0 Å². The van der Waals surface area contributed by atoms with Crippen molar-refractivity contribution in [2.45, 2.75) is 37.2 Å². The number of aliphatic imine (C=N–C) groups is 1. The Morgan fingerprint density at radius 3 is 2.61 bits per heavy atom. The molecule has 3 nitrogen and oxygen atoms in total. The molecule has 0 spiro atoms. The van der Waals surface area contributed by atoms with Crippen molar-refractivity contribution in [3.8, 4) is 0 Å². The fourth-order valence-corrected chi connectivity index (χ4v) is 2.05. The van der Waals surface area contributed by atoms with Crippen molar-refractivity contribution in [2.24, 2.45) is 4.99 Å². The molecule has 1 fully saturated rings. The molecule has 0 heterocycles. The van der Waals surface area contributed by atoms with E-state index in [1.54, 1.807) is 11.8 Å². The number of nitrogens with zero attached hydrogens (tertiary/aromatic N) is 1. The second-order valence-corrected chi connectivity index (χ2v) is 5.34. The third kappa shape index (κ3) is 4.26. The molecule has 1 saturated carbocycles. The fourth-order valence-electron chi connectivity index (χ4n) is 1.64. The Kier molecular flexibility index (Phi) is 4.93. The van der Waals surface area contributed by atoms with Crippen LogP contribution in [0.5, 0.6) is 0 Å². The van der Waals surface area contributed by atoms with Gasteiger partial charge in [-0.2, -0.15) is 0 Å². The van der Waals surface area contributed by atoms with E-state index in [0.29, 0.717) is 6.04 Å². The molecule has 0 saturated heterocycles. The normalized spacial score (nSPS) is 15.6. The van der Waals surface area contributed by atoms with Crippen LogP contribution in [-0.2, 0) is 6.54 Å². The number of hydrogen-bond acceptors (Lipinski definition) is 2. The second-order valence-electron chi connectivity index (χ2n) is 4.46. The summed E-state index contributed by atoms with van der Waals surface area (Å²) in [5.74, 6) is 0.939. The number of guanidine groups is 1. The van der Waals surface area contributed by atoms with Crippen molar-refractivity contribution in [3.63, 3.8) is 0 Å². The molecule has 98 valence electrons. The first-order chi connectivity index (χ1) is 8.81. The molecule has 0 aromatic heterocycles. The van der Waals surface area contributed by atoms with Crippen LogP contribution in [0.25, 0.3) is 0 Å². The van der Waals surface area contributed by atoms with E-state index in [4.69, 9.17) is 0 Å². The first kappa shape index (κ1) is 13.3. The zero-order valence-electron chi connectivity index (χ0n) is 11.1. The van der Waals surface area contributed by atoms with Gasteiger partial charge in [-0.1, -0.05) is 12.1 Å². The van der Waals surface area contributed by atoms with Crippen molar-refractivity contribution in [1.82, 2.24) is 10.6 Å². The summed E-state index contributed by atoms with van der Waals surface area (Å²) in [6, 6.07) is 9.24. The number of nitrogens with one attached hydrogen (secondary N) is 2. The molecule has 0 amide bonds. The summed E-state index contributed by atoms with van der Waals surface area (Å²) in [6.45, 7) is 3.73. The van der Waals surface area contributed by atoms with E-state index in [1.165, 1.54) is 23.3 Å². The molecule has 0 bridgehead atoms. The van der Waals surface area contributed by atoms with E-state index in [9.17, 15) is 0 Å². The molecule has 1 aromatic carbocycles. The maximum absolute atomic E-state index is 4.61. The van der Waals surface area contributed by atoms with Crippen LogP contribution in [0.1, 0.15) is 25.3 Å². The molecule has 0 radical (unpaired) electrons. The van der Waals surface area contributed by atoms with Crippen molar-refractivity contribution in [1.29, 1.82) is 0 Å². The predicted octanol–water partition coefficient (Wildman–Crippen LogP) is 2.63. The Hall–Kier alpha value is -1.16. The number of rotatable bonds is 5. The maximum Gasteiger partial charge on any atom is 0.191 e. The van der Waals surface area contributed by atoms with E-state index < -0.39 is 0 Å². The molecule has 1 aliphatic carbocycles. The lowest BCUT2D eigenvalue weighted by molar-refractivity contribution is 0.812. The van der Waals surface area contributed by atoms with Gasteiger partial charge < -0.3 is 10.6 Å². The Labute approximate surface area is 113 Å². The average molecular weight is 263 g/mol. The lowest BCUT2D eigenvalue weighted by atomic mass is 10.2. The van der Waals surface area contributed by atoms with E-state index >= 15 is 0 Å². The van der Waals surface area contributed by atoms with E-state index in [0.717, 1.165) is 19.0 Å². The van der Waals surface area contributed by atoms with Crippen LogP contribution in [0.3, 0.4) is 0 Å². The van der Waals surface area contributed by atoms with Crippen molar-refractivity contribution < 1.29 is 0 Å². The van der Waals surface area contributed by atoms with Crippen molar-refractivity contribution in [2.75, 3.05) is 12.8 Å². The topological polar surface area (TPSA) is 36.4 Å². The standard InChI is InChI=1S/C14H21N3S/c1-3-15-14(17-12-6-7-12)16-10-11-4-8-13(18-2)9-5-11/h4-5,8-9,12H,3,6-7,10H2,1-2H3,(H2,15,16,17). The molecular weight excluding hydrogens is 242 g/mol. The summed E-state index contributed by atoms with van der Waals surface area (Å²) in [6.07, 6.45) is 4.63. The van der Waals surface area contributed by atoms with Crippen LogP contribution in [0.4, 0.5) is 0 Å². The first-order valence-corrected chi connectivity index (χ1v) is 7.72. The van der Waals surface area contributed by atoms with Gasteiger partial charge in [0.05, 0.1) is 6.54 Å². The molecule has 1 aliphatic rings. The van der Waals surface area contributed by atoms with Crippen molar-refractivity contribution in [3.05, 3.63) is 29.8 Å². The van der Waals surface area contributed by atoms with Crippen LogP contribution in [0.15, 0.2) is 34.2 Å². The summed E-state index contributed by atoms with van der Waals surface area (Å²) in [4.78, 5) is 5.90. The summed E-state index contributed by atoms with van der Waals surface area (Å²) in [5.41, 5.74) is 1.25. The van der Waals surface area contributed by atoms with Gasteiger partial charge in [0, 0.05) is 17.5 Å². The summed E-state index contributed by atoms with van der Waals surface area (Å²) in [7, 11) is 0. The second kappa shape index (κ2) is 6.69. The minimum absolute atomic E-state index is 0.640. The van der Waals surface area contributed by atoms with Gasteiger partial charge in [0.1, 0.15) is 0 Å². The first-order valence-electron chi connectivity index (χ1n) is 6.49. The molecule has 0 unspecified atom stereocenters. The van der Waals surface area contributed by atoms with E-state index in [-0.39, 0.29) is 0 Å². The van der Waals surface area contributed by atoms with Crippen LogP contribution in [0.2, 0.25) is 0 Å². The number of thioether (sulfide) groups is 1. The van der Waals surface area contributed by atoms with Gasteiger partial charge in [0.15, 0.2) is 5.96 Å². The largest absolute Gasteiger partial charge is 0.357 e. The highest BCUT2D eigenvalue weighted by Crippen LogP contribution is 2.18. The number of hydrogen-bond donors (Lipinski definition) is 2. The van der Waals surface area contributed by atoms with E-state index in [2.05, 4.69) is 53.1 Å². The Morgan fingerprint density at radius 2 is 2.06 bits per heavy atom. The van der Waals surface area contributed by atoms with Gasteiger partial charge >= 0.3 is 0 Å². The van der Waals surface area contributed by atoms with Gasteiger partial charge in [-0.05, 0) is 43.7 Å². The Morgan fingerprint density at radius 1 is 1.33 bits per heavy atom. The highest BCUT2D eigenvalue weighted by Gasteiger charge is 2.21. The predicted molar refractivity (Wildman–Crippen MR) is 79.2 cm³/mol. The van der Waals surface area contributed by atoms with Crippen molar-refractivity contribution >= 4 is 17.7 Å². The summed E-state index contributed by atoms with van der Waals surface area (Å²) in [5, 5.41) is 6.70.